The second kappa shape index (κ2) is 4.22. The molecule has 0 amide bonds. The number of nitrogens with one attached hydrogen (secondary N) is 2. The smallest absolute Gasteiger partial charge is 0.150 e. The second-order valence-corrected chi connectivity index (χ2v) is 4.18. The van der Waals surface area contributed by atoms with Crippen molar-refractivity contribution in [2.75, 3.05) is 0 Å². The van der Waals surface area contributed by atoms with Gasteiger partial charge in [-0.1, -0.05) is 13.8 Å². The summed E-state index contributed by atoms with van der Waals surface area (Å²) in [5.41, 5.74) is 1.22. The summed E-state index contributed by atoms with van der Waals surface area (Å²) in [5.74, 6) is -1.10. The first kappa shape index (κ1) is 11.1. The van der Waals surface area contributed by atoms with Gasteiger partial charge in [-0.25, -0.2) is 8.78 Å². The summed E-state index contributed by atoms with van der Waals surface area (Å²) in [5, 5.41) is 3.78. The quantitative estimate of drug-likeness (QED) is 0.824. The number of aromatic amines is 1. The number of hydrogen-bond donors (Lipinski definition) is 2. The van der Waals surface area contributed by atoms with Crippen molar-refractivity contribution in [3.05, 3.63) is 35.5 Å². The highest BCUT2D eigenvalue weighted by Crippen LogP contribution is 2.20. The monoisotopic (exact) mass is 224 g/mol. The van der Waals surface area contributed by atoms with Gasteiger partial charge in [-0.2, -0.15) is 0 Å². The number of rotatable bonds is 3. The molecule has 0 aliphatic carbocycles. The number of aromatic nitrogens is 1. The highest BCUT2D eigenvalue weighted by molar-refractivity contribution is 5.81. The van der Waals surface area contributed by atoms with Gasteiger partial charge in [-0.15, -0.1) is 0 Å². The van der Waals surface area contributed by atoms with Gasteiger partial charge in [-0.3, -0.25) is 0 Å². The van der Waals surface area contributed by atoms with Gasteiger partial charge in [0.05, 0.1) is 5.52 Å². The molecular weight excluding hydrogens is 210 g/mol. The lowest BCUT2D eigenvalue weighted by atomic mass is 10.2. The maximum atomic E-state index is 13.4. The molecule has 16 heavy (non-hydrogen) atoms. The van der Waals surface area contributed by atoms with Crippen LogP contribution in [-0.2, 0) is 6.54 Å². The zero-order valence-corrected chi connectivity index (χ0v) is 9.27. The van der Waals surface area contributed by atoms with Crippen molar-refractivity contribution in [3.63, 3.8) is 0 Å². The first-order valence-corrected chi connectivity index (χ1v) is 5.26. The van der Waals surface area contributed by atoms with E-state index in [1.807, 2.05) is 13.8 Å². The van der Waals surface area contributed by atoms with Gasteiger partial charge in [0.25, 0.3) is 0 Å². The molecule has 0 atom stereocenters. The molecule has 0 bridgehead atoms. The number of H-pyrrole nitrogens is 1. The van der Waals surface area contributed by atoms with Gasteiger partial charge < -0.3 is 10.3 Å². The minimum Gasteiger partial charge on any atom is -0.355 e. The Hall–Kier alpha value is -1.42. The molecule has 2 rings (SSSR count). The van der Waals surface area contributed by atoms with Crippen LogP contribution in [0.15, 0.2) is 18.2 Å². The van der Waals surface area contributed by atoms with Crippen molar-refractivity contribution in [1.29, 1.82) is 0 Å². The lowest BCUT2D eigenvalue weighted by Crippen LogP contribution is -2.21. The first-order chi connectivity index (χ1) is 7.56. The van der Waals surface area contributed by atoms with Crippen LogP contribution in [0.2, 0.25) is 0 Å². The molecule has 0 radical (unpaired) electrons. The standard InChI is InChI=1S/C12H14F2N2/c1-7(2)15-6-10-4-8-3-9(13)5-11(14)12(8)16-10/h3-5,7,15-16H,6H2,1-2H3. The summed E-state index contributed by atoms with van der Waals surface area (Å²) < 4.78 is 26.3. The predicted molar refractivity (Wildman–Crippen MR) is 60.2 cm³/mol. The molecule has 0 spiro atoms. The summed E-state index contributed by atoms with van der Waals surface area (Å²) >= 11 is 0. The molecule has 1 aromatic heterocycles. The molecule has 1 aromatic carbocycles. The van der Waals surface area contributed by atoms with Crippen LogP contribution in [0.1, 0.15) is 19.5 Å². The molecule has 0 saturated heterocycles. The van der Waals surface area contributed by atoms with Crippen molar-refractivity contribution < 1.29 is 8.78 Å². The molecule has 0 aliphatic heterocycles. The Morgan fingerprint density at radius 3 is 2.69 bits per heavy atom. The molecule has 86 valence electrons. The largest absolute Gasteiger partial charge is 0.355 e. The van der Waals surface area contributed by atoms with Crippen molar-refractivity contribution in [1.82, 2.24) is 10.3 Å². The number of halogens is 2. The molecule has 2 nitrogen and oxygen atoms in total. The third kappa shape index (κ3) is 2.22. The number of benzene rings is 1. The van der Waals surface area contributed by atoms with Crippen LogP contribution < -0.4 is 5.32 Å². The van der Waals surface area contributed by atoms with Crippen molar-refractivity contribution in [2.24, 2.45) is 0 Å². The van der Waals surface area contributed by atoms with Gasteiger partial charge in [0.1, 0.15) is 11.6 Å². The molecule has 1 heterocycles. The Bertz CT molecular complexity index is 503. The first-order valence-electron chi connectivity index (χ1n) is 5.26. The average Bonchev–Trinajstić information content (AvgIpc) is 2.57. The van der Waals surface area contributed by atoms with E-state index in [0.29, 0.717) is 23.5 Å². The Morgan fingerprint density at radius 2 is 2.00 bits per heavy atom. The molecule has 0 saturated carbocycles. The van der Waals surface area contributed by atoms with Crippen LogP contribution in [0, 0.1) is 11.6 Å². The van der Waals surface area contributed by atoms with Gasteiger partial charge >= 0.3 is 0 Å². The van der Waals surface area contributed by atoms with E-state index in [1.54, 1.807) is 6.07 Å². The minimum absolute atomic E-state index is 0.355. The Morgan fingerprint density at radius 1 is 1.25 bits per heavy atom. The molecule has 4 heteroatoms. The van der Waals surface area contributed by atoms with E-state index in [4.69, 9.17) is 0 Å². The number of fused-ring (bicyclic) bond motifs is 1. The molecule has 2 N–H and O–H groups in total. The molecule has 0 unspecified atom stereocenters. The number of hydrogen-bond acceptors (Lipinski definition) is 1. The normalized spacial score (nSPS) is 11.6. The third-order valence-corrected chi connectivity index (χ3v) is 2.40. The minimum atomic E-state index is -0.550. The van der Waals surface area contributed by atoms with Crippen LogP contribution in [-0.4, -0.2) is 11.0 Å². The van der Waals surface area contributed by atoms with E-state index in [-0.39, 0.29) is 0 Å². The Labute approximate surface area is 92.7 Å². The van der Waals surface area contributed by atoms with E-state index in [2.05, 4.69) is 10.3 Å². The van der Waals surface area contributed by atoms with E-state index < -0.39 is 11.6 Å². The van der Waals surface area contributed by atoms with E-state index >= 15 is 0 Å². The maximum Gasteiger partial charge on any atom is 0.150 e. The van der Waals surface area contributed by atoms with E-state index in [9.17, 15) is 8.78 Å². The maximum absolute atomic E-state index is 13.4. The van der Waals surface area contributed by atoms with E-state index in [1.165, 1.54) is 6.07 Å². The van der Waals surface area contributed by atoms with Gasteiger partial charge in [-0.05, 0) is 12.1 Å². The average molecular weight is 224 g/mol. The van der Waals surface area contributed by atoms with Crippen molar-refractivity contribution in [2.45, 2.75) is 26.4 Å². The summed E-state index contributed by atoms with van der Waals surface area (Å²) in [6, 6.07) is 4.33. The molecule has 0 fully saturated rings. The topological polar surface area (TPSA) is 27.8 Å². The molecular formula is C12H14F2N2. The highest BCUT2D eigenvalue weighted by atomic mass is 19.1. The van der Waals surface area contributed by atoms with Crippen LogP contribution in [0.4, 0.5) is 8.78 Å². The third-order valence-electron chi connectivity index (χ3n) is 2.40. The summed E-state index contributed by atoms with van der Waals surface area (Å²) in [6.45, 7) is 4.68. The molecule has 2 aromatic rings. The van der Waals surface area contributed by atoms with Crippen LogP contribution in [0.25, 0.3) is 10.9 Å². The van der Waals surface area contributed by atoms with Crippen LogP contribution in [0.5, 0.6) is 0 Å². The van der Waals surface area contributed by atoms with Crippen LogP contribution in [0.3, 0.4) is 0 Å². The second-order valence-electron chi connectivity index (χ2n) is 4.18. The van der Waals surface area contributed by atoms with E-state index in [0.717, 1.165) is 11.8 Å². The molecule has 0 aliphatic rings. The summed E-state index contributed by atoms with van der Waals surface area (Å²) in [6.07, 6.45) is 0. The predicted octanol–water partition coefficient (Wildman–Crippen LogP) is 2.94. The van der Waals surface area contributed by atoms with Gasteiger partial charge in [0.2, 0.25) is 0 Å². The SMILES string of the molecule is CC(C)NCc1cc2cc(F)cc(F)c2[nH]1. The Kier molecular flexibility index (Phi) is 2.92. The fraction of sp³-hybridized carbons (Fsp3) is 0.333. The zero-order valence-electron chi connectivity index (χ0n) is 9.27. The fourth-order valence-corrected chi connectivity index (χ4v) is 1.63. The zero-order chi connectivity index (χ0) is 11.7. The summed E-state index contributed by atoms with van der Waals surface area (Å²) in [4.78, 5) is 2.94. The Balaban J connectivity index is 2.33. The van der Waals surface area contributed by atoms with Gasteiger partial charge in [0, 0.05) is 29.7 Å². The van der Waals surface area contributed by atoms with Gasteiger partial charge in [0.15, 0.2) is 0 Å². The van der Waals surface area contributed by atoms with Crippen LogP contribution >= 0.6 is 0 Å². The van der Waals surface area contributed by atoms with Crippen molar-refractivity contribution in [3.8, 4) is 0 Å². The summed E-state index contributed by atoms with van der Waals surface area (Å²) in [7, 11) is 0. The highest BCUT2D eigenvalue weighted by Gasteiger charge is 2.07. The lowest BCUT2D eigenvalue weighted by molar-refractivity contribution is 0.581. The van der Waals surface area contributed by atoms with Crippen molar-refractivity contribution >= 4 is 10.9 Å². The fourth-order valence-electron chi connectivity index (χ4n) is 1.63. The lowest BCUT2D eigenvalue weighted by Gasteiger charge is -2.05.